The Morgan fingerprint density at radius 1 is 0.826 bits per heavy atom. The Kier molecular flexibility index (Phi) is 4.91. The lowest BCUT2D eigenvalue weighted by Gasteiger charge is -2.11. The van der Waals surface area contributed by atoms with Crippen LogP contribution in [0.15, 0.2) is 60.7 Å². The molecule has 0 spiro atoms. The van der Waals surface area contributed by atoms with E-state index in [1.165, 1.54) is 0 Å². The van der Waals surface area contributed by atoms with Crippen LogP contribution in [-0.2, 0) is 0 Å². The van der Waals surface area contributed by atoms with Gasteiger partial charge in [-0.05, 0) is 6.42 Å². The van der Waals surface area contributed by atoms with Crippen LogP contribution >= 0.6 is 0 Å². The Morgan fingerprint density at radius 2 is 1.48 bits per heavy atom. The molecule has 5 heteroatoms. The number of hydrogen-bond acceptors (Lipinski definition) is 5. The summed E-state index contributed by atoms with van der Waals surface area (Å²) in [6.07, 6.45) is 0.652. The van der Waals surface area contributed by atoms with Gasteiger partial charge in [0.05, 0.1) is 0 Å². The van der Waals surface area contributed by atoms with Crippen molar-refractivity contribution >= 4 is 5.82 Å². The quantitative estimate of drug-likeness (QED) is 0.685. The second-order valence-corrected chi connectivity index (χ2v) is 5.07. The Bertz CT molecular complexity index is 747. The van der Waals surface area contributed by atoms with Crippen LogP contribution in [0.3, 0.4) is 0 Å². The molecule has 1 aromatic heterocycles. The number of aromatic nitrogens is 3. The van der Waals surface area contributed by atoms with Crippen LogP contribution in [0.1, 0.15) is 6.42 Å². The van der Waals surface area contributed by atoms with Crippen LogP contribution in [-0.4, -0.2) is 33.4 Å². The molecule has 0 saturated carbocycles. The molecule has 1 heterocycles. The molecular formula is C18H18N4O. The Labute approximate surface area is 135 Å². The molecule has 0 atom stereocenters. The van der Waals surface area contributed by atoms with Crippen molar-refractivity contribution in [3.05, 3.63) is 60.7 Å². The second-order valence-electron chi connectivity index (χ2n) is 5.07. The summed E-state index contributed by atoms with van der Waals surface area (Å²) < 4.78 is 0. The van der Waals surface area contributed by atoms with Crippen molar-refractivity contribution in [2.75, 3.05) is 18.5 Å². The third-order valence-electron chi connectivity index (χ3n) is 3.39. The van der Waals surface area contributed by atoms with Gasteiger partial charge >= 0.3 is 0 Å². The molecule has 0 aliphatic heterocycles. The predicted octanol–water partition coefficient (Wildman–Crippen LogP) is 3.00. The van der Waals surface area contributed by atoms with Crippen molar-refractivity contribution in [2.24, 2.45) is 0 Å². The molecule has 3 aromatic rings. The molecule has 0 aliphatic rings. The van der Waals surface area contributed by atoms with Crippen molar-refractivity contribution in [3.63, 3.8) is 0 Å². The van der Waals surface area contributed by atoms with Gasteiger partial charge in [0.15, 0.2) is 11.6 Å². The SMILES string of the molecule is OCCCNc1nc(-c2ccccc2)nnc1-c1ccccc1. The zero-order chi connectivity index (χ0) is 15.9. The number of aliphatic hydroxyl groups is 1. The normalized spacial score (nSPS) is 10.5. The first-order valence-corrected chi connectivity index (χ1v) is 7.59. The molecule has 23 heavy (non-hydrogen) atoms. The van der Waals surface area contributed by atoms with Gasteiger partial charge in [-0.25, -0.2) is 4.98 Å². The monoisotopic (exact) mass is 306 g/mol. The van der Waals surface area contributed by atoms with Crippen molar-refractivity contribution in [1.82, 2.24) is 15.2 Å². The van der Waals surface area contributed by atoms with E-state index in [-0.39, 0.29) is 6.61 Å². The topological polar surface area (TPSA) is 70.9 Å². The standard InChI is InChI=1S/C18H18N4O/c23-13-7-12-19-18-16(14-8-3-1-4-9-14)21-22-17(20-18)15-10-5-2-6-11-15/h1-6,8-11,23H,7,12-13H2,(H,19,20,22). The number of aliphatic hydroxyl groups excluding tert-OH is 1. The van der Waals surface area contributed by atoms with Crippen molar-refractivity contribution < 1.29 is 5.11 Å². The minimum atomic E-state index is 0.137. The molecule has 0 unspecified atom stereocenters. The summed E-state index contributed by atoms with van der Waals surface area (Å²) in [5.74, 6) is 1.26. The molecule has 0 bridgehead atoms. The van der Waals surface area contributed by atoms with Crippen LogP contribution in [0.2, 0.25) is 0 Å². The van der Waals surface area contributed by atoms with Gasteiger partial charge in [-0.2, -0.15) is 0 Å². The molecule has 2 N–H and O–H groups in total. The van der Waals surface area contributed by atoms with E-state index in [0.717, 1.165) is 11.1 Å². The lowest BCUT2D eigenvalue weighted by Crippen LogP contribution is -2.09. The van der Waals surface area contributed by atoms with Gasteiger partial charge in [-0.1, -0.05) is 60.7 Å². The molecule has 0 aliphatic carbocycles. The van der Waals surface area contributed by atoms with Crippen molar-refractivity contribution in [2.45, 2.75) is 6.42 Å². The predicted molar refractivity (Wildman–Crippen MR) is 90.9 cm³/mol. The average molecular weight is 306 g/mol. The van der Waals surface area contributed by atoms with Gasteiger partial charge in [0.2, 0.25) is 0 Å². The van der Waals surface area contributed by atoms with E-state index in [1.807, 2.05) is 60.7 Å². The molecule has 116 valence electrons. The van der Waals surface area contributed by atoms with E-state index in [1.54, 1.807) is 0 Å². The highest BCUT2D eigenvalue weighted by atomic mass is 16.3. The first-order valence-electron chi connectivity index (χ1n) is 7.59. The van der Waals surface area contributed by atoms with E-state index in [4.69, 9.17) is 5.11 Å². The van der Waals surface area contributed by atoms with E-state index in [0.29, 0.717) is 30.3 Å². The summed E-state index contributed by atoms with van der Waals surface area (Å²) in [5, 5.41) is 20.9. The highest BCUT2D eigenvalue weighted by Crippen LogP contribution is 2.25. The van der Waals surface area contributed by atoms with Crippen LogP contribution in [0, 0.1) is 0 Å². The highest BCUT2D eigenvalue weighted by Gasteiger charge is 2.12. The molecule has 5 nitrogen and oxygen atoms in total. The number of anilines is 1. The molecule has 0 radical (unpaired) electrons. The fourth-order valence-electron chi connectivity index (χ4n) is 2.24. The first kappa shape index (κ1) is 15.1. The summed E-state index contributed by atoms with van der Waals surface area (Å²) >= 11 is 0. The Morgan fingerprint density at radius 3 is 2.13 bits per heavy atom. The zero-order valence-corrected chi connectivity index (χ0v) is 12.7. The minimum Gasteiger partial charge on any atom is -0.396 e. The molecule has 0 fully saturated rings. The highest BCUT2D eigenvalue weighted by molar-refractivity contribution is 5.72. The summed E-state index contributed by atoms with van der Waals surface area (Å²) in [6, 6.07) is 19.6. The Hall–Kier alpha value is -2.79. The molecule has 0 amide bonds. The van der Waals surface area contributed by atoms with Gasteiger partial charge in [0.1, 0.15) is 5.69 Å². The molecule has 2 aromatic carbocycles. The van der Waals surface area contributed by atoms with Crippen molar-refractivity contribution in [1.29, 1.82) is 0 Å². The third-order valence-corrected chi connectivity index (χ3v) is 3.39. The fraction of sp³-hybridized carbons (Fsp3) is 0.167. The zero-order valence-electron chi connectivity index (χ0n) is 12.7. The van der Waals surface area contributed by atoms with E-state index < -0.39 is 0 Å². The smallest absolute Gasteiger partial charge is 0.183 e. The van der Waals surface area contributed by atoms with E-state index in [9.17, 15) is 0 Å². The molecule has 3 rings (SSSR count). The van der Waals surface area contributed by atoms with Crippen LogP contribution in [0.4, 0.5) is 5.82 Å². The van der Waals surface area contributed by atoms with Crippen LogP contribution in [0.25, 0.3) is 22.6 Å². The molecule has 0 saturated heterocycles. The van der Waals surface area contributed by atoms with Crippen LogP contribution < -0.4 is 5.32 Å². The maximum absolute atomic E-state index is 8.97. The summed E-state index contributed by atoms with van der Waals surface area (Å²) in [4.78, 5) is 4.62. The number of hydrogen-bond donors (Lipinski definition) is 2. The largest absolute Gasteiger partial charge is 0.396 e. The minimum absolute atomic E-state index is 0.137. The van der Waals surface area contributed by atoms with Crippen LogP contribution in [0.5, 0.6) is 0 Å². The fourth-order valence-corrected chi connectivity index (χ4v) is 2.24. The Balaban J connectivity index is 1.99. The number of nitrogens with zero attached hydrogens (tertiary/aromatic N) is 3. The first-order chi connectivity index (χ1) is 11.4. The second kappa shape index (κ2) is 7.47. The lowest BCUT2D eigenvalue weighted by molar-refractivity contribution is 0.292. The summed E-state index contributed by atoms with van der Waals surface area (Å²) in [6.45, 7) is 0.765. The van der Waals surface area contributed by atoms with Crippen molar-refractivity contribution in [3.8, 4) is 22.6 Å². The van der Waals surface area contributed by atoms with Gasteiger partial charge in [-0.15, -0.1) is 10.2 Å². The summed E-state index contributed by atoms with van der Waals surface area (Å²) in [5.41, 5.74) is 2.59. The summed E-state index contributed by atoms with van der Waals surface area (Å²) in [7, 11) is 0. The number of rotatable bonds is 6. The van der Waals surface area contributed by atoms with Gasteiger partial charge in [0, 0.05) is 24.3 Å². The van der Waals surface area contributed by atoms with E-state index in [2.05, 4.69) is 20.5 Å². The average Bonchev–Trinajstić information content (AvgIpc) is 2.63. The van der Waals surface area contributed by atoms with Gasteiger partial charge < -0.3 is 10.4 Å². The lowest BCUT2D eigenvalue weighted by atomic mass is 10.1. The number of nitrogens with one attached hydrogen (secondary N) is 1. The van der Waals surface area contributed by atoms with E-state index >= 15 is 0 Å². The molecular weight excluding hydrogens is 288 g/mol. The third kappa shape index (κ3) is 3.70. The van der Waals surface area contributed by atoms with Gasteiger partial charge in [-0.3, -0.25) is 0 Å². The van der Waals surface area contributed by atoms with Gasteiger partial charge in [0.25, 0.3) is 0 Å². The number of benzene rings is 2. The maximum Gasteiger partial charge on any atom is 0.183 e. The maximum atomic E-state index is 8.97.